The second kappa shape index (κ2) is 7.14. The minimum absolute atomic E-state index is 0.0421. The predicted octanol–water partition coefficient (Wildman–Crippen LogP) is 1.98. The van der Waals surface area contributed by atoms with Crippen LogP contribution in [-0.4, -0.2) is 35.5 Å². The predicted molar refractivity (Wildman–Crippen MR) is 73.5 cm³/mol. The van der Waals surface area contributed by atoms with Crippen LogP contribution in [0.25, 0.3) is 0 Å². The number of hydrogen-bond acceptors (Lipinski definition) is 5. The van der Waals surface area contributed by atoms with Crippen LogP contribution in [0.3, 0.4) is 0 Å². The topological polar surface area (TPSA) is 55.4 Å². The summed E-state index contributed by atoms with van der Waals surface area (Å²) in [5, 5.41) is 3.35. The Bertz CT molecular complexity index is 299. The van der Waals surface area contributed by atoms with Gasteiger partial charge in [0.1, 0.15) is 5.60 Å². The summed E-state index contributed by atoms with van der Waals surface area (Å²) >= 11 is 1.17. The molecule has 0 saturated carbocycles. The maximum absolute atomic E-state index is 11.7. The van der Waals surface area contributed by atoms with Crippen molar-refractivity contribution in [3.8, 4) is 0 Å². The smallest absolute Gasteiger partial charge is 0.307 e. The molecular weight excluding hydrogens is 250 g/mol. The molecule has 0 atom stereocenters. The maximum atomic E-state index is 11.7. The third-order valence-corrected chi connectivity index (χ3v) is 4.13. The van der Waals surface area contributed by atoms with Crippen LogP contribution in [0.1, 0.15) is 40.0 Å². The molecule has 0 spiro atoms. The van der Waals surface area contributed by atoms with Crippen molar-refractivity contribution in [2.45, 2.75) is 45.6 Å². The lowest BCUT2D eigenvalue weighted by atomic mass is 9.83. The Hall–Kier alpha value is -0.550. The van der Waals surface area contributed by atoms with E-state index in [9.17, 15) is 9.59 Å². The van der Waals surface area contributed by atoms with E-state index in [-0.39, 0.29) is 11.1 Å². The van der Waals surface area contributed by atoms with Gasteiger partial charge < -0.3 is 10.1 Å². The van der Waals surface area contributed by atoms with Crippen LogP contribution in [0.2, 0.25) is 0 Å². The third kappa shape index (κ3) is 5.40. The van der Waals surface area contributed by atoms with E-state index >= 15 is 0 Å². The first kappa shape index (κ1) is 15.5. The van der Waals surface area contributed by atoms with E-state index in [1.807, 2.05) is 13.8 Å². The van der Waals surface area contributed by atoms with E-state index < -0.39 is 5.60 Å². The molecule has 1 N–H and O–H groups in total. The normalized spacial score (nSPS) is 17.5. The fourth-order valence-corrected chi connectivity index (χ4v) is 2.78. The summed E-state index contributed by atoms with van der Waals surface area (Å²) in [4.78, 5) is 22.5. The highest BCUT2D eigenvalue weighted by atomic mass is 32.2. The van der Waals surface area contributed by atoms with Crippen LogP contribution in [0, 0.1) is 5.92 Å². The summed E-state index contributed by atoms with van der Waals surface area (Å²) in [6, 6.07) is 0. The number of piperidine rings is 1. The van der Waals surface area contributed by atoms with Crippen LogP contribution in [0.5, 0.6) is 0 Å². The molecule has 0 unspecified atom stereocenters. The molecule has 1 aliphatic heterocycles. The van der Waals surface area contributed by atoms with Gasteiger partial charge in [0.25, 0.3) is 0 Å². The average Bonchev–Trinajstić information content (AvgIpc) is 2.29. The summed E-state index contributed by atoms with van der Waals surface area (Å²) in [6.07, 6.45) is 2.39. The van der Waals surface area contributed by atoms with Crippen molar-refractivity contribution in [3.63, 3.8) is 0 Å². The van der Waals surface area contributed by atoms with Gasteiger partial charge in [-0.25, -0.2) is 0 Å². The Balaban J connectivity index is 2.34. The Morgan fingerprint density at radius 1 is 1.33 bits per heavy atom. The molecule has 1 aliphatic rings. The van der Waals surface area contributed by atoms with Gasteiger partial charge >= 0.3 is 5.97 Å². The molecule has 5 heteroatoms. The number of rotatable bonds is 5. The molecule has 0 aromatic heterocycles. The van der Waals surface area contributed by atoms with E-state index in [2.05, 4.69) is 5.32 Å². The average molecular weight is 273 g/mol. The van der Waals surface area contributed by atoms with Crippen molar-refractivity contribution in [1.82, 2.24) is 5.32 Å². The summed E-state index contributed by atoms with van der Waals surface area (Å²) in [5.41, 5.74) is -0.403. The van der Waals surface area contributed by atoms with Crippen molar-refractivity contribution >= 4 is 22.8 Å². The molecule has 0 aromatic carbocycles. The first-order chi connectivity index (χ1) is 8.42. The molecule has 0 aromatic rings. The minimum Gasteiger partial charge on any atom is -0.459 e. The van der Waals surface area contributed by atoms with Crippen LogP contribution < -0.4 is 5.32 Å². The molecule has 1 heterocycles. The maximum Gasteiger partial charge on any atom is 0.307 e. The van der Waals surface area contributed by atoms with Crippen molar-refractivity contribution in [2.24, 2.45) is 5.92 Å². The molecular formula is C13H23NO3S. The number of carbonyl (C=O) groups is 2. The Morgan fingerprint density at radius 2 is 1.94 bits per heavy atom. The molecule has 0 bridgehead atoms. The molecule has 0 radical (unpaired) electrons. The second-order valence-electron chi connectivity index (χ2n) is 5.19. The van der Waals surface area contributed by atoms with Gasteiger partial charge in [0.2, 0.25) is 0 Å². The fourth-order valence-electron chi connectivity index (χ4n) is 2.22. The monoisotopic (exact) mass is 273 g/mol. The molecule has 1 rings (SSSR count). The Labute approximate surface area is 113 Å². The highest BCUT2D eigenvalue weighted by molar-refractivity contribution is 8.13. The number of thioether (sulfide) groups is 1. The molecule has 104 valence electrons. The standard InChI is InChI=1S/C13H23NO3S/c1-10(15)18-9-6-12(16)17-13(2,3)11-4-7-14-8-5-11/h11,14H,4-9H2,1-3H3. The van der Waals surface area contributed by atoms with Crippen molar-refractivity contribution < 1.29 is 14.3 Å². The quantitative estimate of drug-likeness (QED) is 0.776. The van der Waals surface area contributed by atoms with Gasteiger partial charge in [-0.3, -0.25) is 9.59 Å². The van der Waals surface area contributed by atoms with Gasteiger partial charge in [-0.15, -0.1) is 0 Å². The van der Waals surface area contributed by atoms with E-state index in [0.717, 1.165) is 25.9 Å². The van der Waals surface area contributed by atoms with Crippen LogP contribution in [-0.2, 0) is 14.3 Å². The molecule has 1 fully saturated rings. The van der Waals surface area contributed by atoms with Gasteiger partial charge in [0, 0.05) is 18.6 Å². The highest BCUT2D eigenvalue weighted by Crippen LogP contribution is 2.29. The number of ether oxygens (including phenoxy) is 1. The number of nitrogens with one attached hydrogen (secondary N) is 1. The van der Waals surface area contributed by atoms with E-state index in [0.29, 0.717) is 18.1 Å². The van der Waals surface area contributed by atoms with Crippen molar-refractivity contribution in [3.05, 3.63) is 0 Å². The fraction of sp³-hybridized carbons (Fsp3) is 0.846. The van der Waals surface area contributed by atoms with Crippen molar-refractivity contribution in [1.29, 1.82) is 0 Å². The summed E-state index contributed by atoms with van der Waals surface area (Å²) < 4.78 is 5.57. The minimum atomic E-state index is -0.403. The molecule has 18 heavy (non-hydrogen) atoms. The summed E-state index contributed by atoms with van der Waals surface area (Å²) in [7, 11) is 0. The van der Waals surface area contributed by atoms with Crippen LogP contribution >= 0.6 is 11.8 Å². The van der Waals surface area contributed by atoms with Crippen LogP contribution in [0.15, 0.2) is 0 Å². The SMILES string of the molecule is CC(=O)SCCC(=O)OC(C)(C)C1CCNCC1. The van der Waals surface area contributed by atoms with Gasteiger partial charge in [-0.05, 0) is 39.8 Å². The third-order valence-electron chi connectivity index (χ3n) is 3.31. The number of carbonyl (C=O) groups excluding carboxylic acids is 2. The van der Waals surface area contributed by atoms with E-state index in [1.54, 1.807) is 0 Å². The van der Waals surface area contributed by atoms with E-state index in [1.165, 1.54) is 18.7 Å². The zero-order chi connectivity index (χ0) is 13.6. The lowest BCUT2D eigenvalue weighted by Crippen LogP contribution is -2.42. The number of hydrogen-bond donors (Lipinski definition) is 1. The zero-order valence-corrected chi connectivity index (χ0v) is 12.3. The number of esters is 1. The van der Waals surface area contributed by atoms with Gasteiger partial charge in [-0.1, -0.05) is 11.8 Å². The second-order valence-corrected chi connectivity index (χ2v) is 6.46. The molecule has 1 saturated heterocycles. The Morgan fingerprint density at radius 3 is 2.50 bits per heavy atom. The first-order valence-corrected chi connectivity index (χ1v) is 7.46. The lowest BCUT2D eigenvalue weighted by molar-refractivity contribution is -0.162. The van der Waals surface area contributed by atoms with Gasteiger partial charge in [-0.2, -0.15) is 0 Å². The molecule has 4 nitrogen and oxygen atoms in total. The summed E-state index contributed by atoms with van der Waals surface area (Å²) in [5.74, 6) is 0.728. The lowest BCUT2D eigenvalue weighted by Gasteiger charge is -2.36. The van der Waals surface area contributed by atoms with E-state index in [4.69, 9.17) is 4.74 Å². The molecule has 0 aliphatic carbocycles. The van der Waals surface area contributed by atoms with Gasteiger partial charge in [0.15, 0.2) is 5.12 Å². The van der Waals surface area contributed by atoms with Gasteiger partial charge in [0.05, 0.1) is 6.42 Å². The summed E-state index contributed by atoms with van der Waals surface area (Å²) in [6.45, 7) is 7.46. The largest absolute Gasteiger partial charge is 0.459 e. The zero-order valence-electron chi connectivity index (χ0n) is 11.5. The molecule has 0 amide bonds. The Kier molecular flexibility index (Phi) is 6.15. The van der Waals surface area contributed by atoms with Crippen LogP contribution in [0.4, 0.5) is 0 Å². The van der Waals surface area contributed by atoms with Crippen molar-refractivity contribution in [2.75, 3.05) is 18.8 Å². The first-order valence-electron chi connectivity index (χ1n) is 6.48. The highest BCUT2D eigenvalue weighted by Gasteiger charge is 2.33.